The number of fused-ring (bicyclic) bond motifs is 2. The summed E-state index contributed by atoms with van der Waals surface area (Å²) in [7, 11) is 0. The molecule has 2 atom stereocenters. The quantitative estimate of drug-likeness (QED) is 0.644. The number of benzene rings is 1. The number of rotatable bonds is 6. The normalized spacial score (nSPS) is 22.9. The maximum absolute atomic E-state index is 12.2. The average molecular weight is 328 g/mol. The Labute approximate surface area is 142 Å². The highest BCUT2D eigenvalue weighted by atomic mass is 16.5. The molecule has 1 aliphatic carbocycles. The van der Waals surface area contributed by atoms with Gasteiger partial charge in [-0.1, -0.05) is 12.1 Å². The highest BCUT2D eigenvalue weighted by Crippen LogP contribution is 2.36. The third kappa shape index (κ3) is 4.23. The number of ether oxygens (including phenoxy) is 1. The molecule has 2 unspecified atom stereocenters. The Hall–Kier alpha value is -2.14. The first kappa shape index (κ1) is 16.7. The zero-order valence-electron chi connectivity index (χ0n) is 14.0. The summed E-state index contributed by atoms with van der Waals surface area (Å²) < 4.78 is 4.84. The number of carbonyl (C=O) groups is 2. The summed E-state index contributed by atoms with van der Waals surface area (Å²) in [6, 6.07) is 8.03. The summed E-state index contributed by atoms with van der Waals surface area (Å²) >= 11 is 0. The monoisotopic (exact) mass is 328 g/mol. The molecular formula is C19H24N2O3. The second-order valence-electron chi connectivity index (χ2n) is 6.52. The second-order valence-corrected chi connectivity index (χ2v) is 6.52. The minimum Gasteiger partial charge on any atom is -0.463 e. The van der Waals surface area contributed by atoms with Crippen LogP contribution in [0, 0.1) is 5.92 Å². The number of esters is 1. The maximum atomic E-state index is 12.2. The van der Waals surface area contributed by atoms with Gasteiger partial charge in [0.1, 0.15) is 0 Å². The number of hydrogen-bond donors (Lipinski definition) is 1. The Bertz CT molecular complexity index is 624. The second kappa shape index (κ2) is 7.62. The molecule has 2 bridgehead atoms. The molecule has 0 spiro atoms. The number of hydrogen-bond acceptors (Lipinski definition) is 4. The van der Waals surface area contributed by atoms with Gasteiger partial charge in [-0.3, -0.25) is 9.69 Å². The molecule has 1 heterocycles. The Morgan fingerprint density at radius 3 is 2.71 bits per heavy atom. The van der Waals surface area contributed by atoms with E-state index in [9.17, 15) is 9.59 Å². The number of nitrogens with zero attached hydrogens (tertiary/aromatic N) is 1. The molecule has 3 rings (SSSR count). The molecule has 1 N–H and O–H groups in total. The van der Waals surface area contributed by atoms with Gasteiger partial charge in [0.15, 0.2) is 0 Å². The van der Waals surface area contributed by atoms with Gasteiger partial charge < -0.3 is 10.1 Å². The molecule has 5 heteroatoms. The van der Waals surface area contributed by atoms with Crippen molar-refractivity contribution in [3.8, 4) is 0 Å². The van der Waals surface area contributed by atoms with Crippen LogP contribution in [0.15, 0.2) is 30.3 Å². The molecule has 24 heavy (non-hydrogen) atoms. The van der Waals surface area contributed by atoms with E-state index in [2.05, 4.69) is 10.2 Å². The fourth-order valence-electron chi connectivity index (χ4n) is 3.64. The van der Waals surface area contributed by atoms with Gasteiger partial charge in [-0.15, -0.1) is 0 Å². The summed E-state index contributed by atoms with van der Waals surface area (Å²) in [6.45, 7) is 3.69. The van der Waals surface area contributed by atoms with E-state index >= 15 is 0 Å². The molecule has 2 fully saturated rings. The van der Waals surface area contributed by atoms with Crippen molar-refractivity contribution < 1.29 is 14.3 Å². The molecular weight excluding hydrogens is 304 g/mol. The molecule has 1 aliphatic heterocycles. The van der Waals surface area contributed by atoms with E-state index in [1.165, 1.54) is 25.3 Å². The van der Waals surface area contributed by atoms with Gasteiger partial charge in [-0.2, -0.15) is 0 Å². The first-order chi connectivity index (χ1) is 11.6. The van der Waals surface area contributed by atoms with E-state index in [1.807, 2.05) is 24.3 Å². The van der Waals surface area contributed by atoms with Crippen LogP contribution in [0.25, 0.3) is 6.08 Å². The molecule has 1 saturated carbocycles. The van der Waals surface area contributed by atoms with Crippen LogP contribution in [0.1, 0.15) is 31.7 Å². The van der Waals surface area contributed by atoms with Gasteiger partial charge in [-0.05, 0) is 55.9 Å². The van der Waals surface area contributed by atoms with Crippen LogP contribution in [0.2, 0.25) is 0 Å². The van der Waals surface area contributed by atoms with E-state index < -0.39 is 0 Å². The smallest absolute Gasteiger partial charge is 0.330 e. The van der Waals surface area contributed by atoms with Gasteiger partial charge in [0.25, 0.3) is 0 Å². The number of piperidine rings is 1. The first-order valence-electron chi connectivity index (χ1n) is 8.63. The van der Waals surface area contributed by atoms with E-state index in [4.69, 9.17) is 4.74 Å². The lowest BCUT2D eigenvalue weighted by molar-refractivity contribution is -0.137. The van der Waals surface area contributed by atoms with Crippen molar-refractivity contribution in [2.75, 3.05) is 25.0 Å². The van der Waals surface area contributed by atoms with Crippen molar-refractivity contribution in [1.82, 2.24) is 4.90 Å². The Balaban J connectivity index is 1.48. The maximum Gasteiger partial charge on any atom is 0.330 e. The van der Waals surface area contributed by atoms with Crippen molar-refractivity contribution in [2.24, 2.45) is 5.92 Å². The third-order valence-electron chi connectivity index (χ3n) is 4.76. The highest BCUT2D eigenvalue weighted by Gasteiger charge is 2.38. The zero-order valence-corrected chi connectivity index (χ0v) is 14.0. The van der Waals surface area contributed by atoms with Crippen molar-refractivity contribution in [1.29, 1.82) is 0 Å². The van der Waals surface area contributed by atoms with Crippen LogP contribution >= 0.6 is 0 Å². The number of nitrogens with one attached hydrogen (secondary N) is 1. The largest absolute Gasteiger partial charge is 0.463 e. The minimum absolute atomic E-state index is 0.0392. The predicted molar refractivity (Wildman–Crippen MR) is 93.4 cm³/mol. The van der Waals surface area contributed by atoms with Crippen molar-refractivity contribution >= 4 is 23.6 Å². The van der Waals surface area contributed by atoms with Crippen molar-refractivity contribution in [3.63, 3.8) is 0 Å². The van der Waals surface area contributed by atoms with Crippen LogP contribution in [-0.2, 0) is 14.3 Å². The SMILES string of the molecule is CCOC(=O)/C=C/c1ccc(NC(=O)CN2CC3CCC2C3)cc1. The average Bonchev–Trinajstić information content (AvgIpc) is 3.17. The molecule has 5 nitrogen and oxygen atoms in total. The lowest BCUT2D eigenvalue weighted by atomic mass is 10.1. The van der Waals surface area contributed by atoms with E-state index in [-0.39, 0.29) is 11.9 Å². The van der Waals surface area contributed by atoms with Crippen LogP contribution in [-0.4, -0.2) is 42.5 Å². The van der Waals surface area contributed by atoms with Gasteiger partial charge in [0.2, 0.25) is 5.91 Å². The van der Waals surface area contributed by atoms with Crippen molar-refractivity contribution in [3.05, 3.63) is 35.9 Å². The van der Waals surface area contributed by atoms with Gasteiger partial charge in [0.05, 0.1) is 13.2 Å². The standard InChI is InChI=1S/C19H24N2O3/c1-2-24-19(23)10-6-14-3-7-16(8-4-14)20-18(22)13-21-12-15-5-9-17(21)11-15/h3-4,6-8,10,15,17H,2,5,9,11-13H2,1H3,(H,20,22)/b10-6+. The number of amides is 1. The predicted octanol–water partition coefficient (Wildman–Crippen LogP) is 2.69. The molecule has 1 aromatic carbocycles. The van der Waals surface area contributed by atoms with E-state index in [0.29, 0.717) is 19.2 Å². The van der Waals surface area contributed by atoms with Crippen LogP contribution < -0.4 is 5.32 Å². The molecule has 0 radical (unpaired) electrons. The van der Waals surface area contributed by atoms with Gasteiger partial charge in [-0.25, -0.2) is 4.79 Å². The summed E-state index contributed by atoms with van der Waals surface area (Å²) in [4.78, 5) is 25.8. The Morgan fingerprint density at radius 2 is 2.08 bits per heavy atom. The lowest BCUT2D eigenvalue weighted by Gasteiger charge is -2.25. The minimum atomic E-state index is -0.352. The fraction of sp³-hybridized carbons (Fsp3) is 0.474. The topological polar surface area (TPSA) is 58.6 Å². The summed E-state index contributed by atoms with van der Waals surface area (Å²) in [5, 5.41) is 2.94. The van der Waals surface area contributed by atoms with Crippen LogP contribution in [0.3, 0.4) is 0 Å². The molecule has 1 saturated heterocycles. The molecule has 128 valence electrons. The van der Waals surface area contributed by atoms with Gasteiger partial charge >= 0.3 is 5.97 Å². The summed E-state index contributed by atoms with van der Waals surface area (Å²) in [5.41, 5.74) is 1.66. The molecule has 1 aromatic rings. The number of anilines is 1. The van der Waals surface area contributed by atoms with Crippen molar-refractivity contribution in [2.45, 2.75) is 32.2 Å². The van der Waals surface area contributed by atoms with Crippen LogP contribution in [0.4, 0.5) is 5.69 Å². The fourth-order valence-corrected chi connectivity index (χ4v) is 3.64. The first-order valence-corrected chi connectivity index (χ1v) is 8.63. The number of carbonyl (C=O) groups excluding carboxylic acids is 2. The summed E-state index contributed by atoms with van der Waals surface area (Å²) in [5.74, 6) is 0.487. The zero-order chi connectivity index (χ0) is 16.9. The summed E-state index contributed by atoms with van der Waals surface area (Å²) in [6.07, 6.45) is 6.92. The number of likely N-dealkylation sites (tertiary alicyclic amines) is 1. The highest BCUT2D eigenvalue weighted by molar-refractivity contribution is 5.92. The molecule has 0 aromatic heterocycles. The van der Waals surface area contributed by atoms with E-state index in [1.54, 1.807) is 13.0 Å². The molecule has 2 aliphatic rings. The van der Waals surface area contributed by atoms with E-state index in [0.717, 1.165) is 23.7 Å². The third-order valence-corrected chi connectivity index (χ3v) is 4.76. The Morgan fingerprint density at radius 1 is 1.29 bits per heavy atom. The Kier molecular flexibility index (Phi) is 5.30. The molecule has 1 amide bonds. The van der Waals surface area contributed by atoms with Gasteiger partial charge in [0, 0.05) is 24.4 Å². The van der Waals surface area contributed by atoms with Crippen LogP contribution in [0.5, 0.6) is 0 Å². The lowest BCUT2D eigenvalue weighted by Crippen LogP contribution is -2.38.